The molecule has 0 aliphatic carbocycles. The Morgan fingerprint density at radius 2 is 1.57 bits per heavy atom. The van der Waals surface area contributed by atoms with E-state index in [1.165, 1.54) is 5.56 Å². The van der Waals surface area contributed by atoms with Crippen LogP contribution in [0.25, 0.3) is 0 Å². The first-order valence-electron chi connectivity index (χ1n) is 10.9. The molecule has 0 saturated carbocycles. The van der Waals surface area contributed by atoms with E-state index in [-0.39, 0.29) is 11.9 Å². The summed E-state index contributed by atoms with van der Waals surface area (Å²) in [6.07, 6.45) is 5.79. The van der Waals surface area contributed by atoms with Crippen LogP contribution in [0.1, 0.15) is 50.2 Å². The van der Waals surface area contributed by atoms with Gasteiger partial charge in [0.05, 0.1) is 4.90 Å². The number of hydrogen-bond acceptors (Lipinski definition) is 3. The molecule has 30 heavy (non-hydrogen) atoms. The molecule has 5 nitrogen and oxygen atoms in total. The van der Waals surface area contributed by atoms with Crippen LogP contribution in [0.2, 0.25) is 0 Å². The highest BCUT2D eigenvalue weighted by Crippen LogP contribution is 2.21. The molecular formula is C24H32N2O3S. The zero-order valence-electron chi connectivity index (χ0n) is 17.7. The van der Waals surface area contributed by atoms with Crippen LogP contribution in [0.3, 0.4) is 0 Å². The van der Waals surface area contributed by atoms with E-state index in [9.17, 15) is 13.2 Å². The van der Waals surface area contributed by atoms with Crippen molar-refractivity contribution in [2.45, 2.75) is 62.8 Å². The standard InChI is InChI=1S/C24H32N2O3S/c1-20(10-11-21-8-4-2-5-9-21)25-24(27)17-14-22-12-15-23(16-13-22)30(28,29)26-18-6-3-7-19-26/h2,4-5,8-9,12-13,15-16,20H,3,6-7,10-11,14,17-19H2,1H3,(H,25,27)/t20-/m0/s1. The number of rotatable bonds is 9. The Morgan fingerprint density at radius 1 is 0.933 bits per heavy atom. The molecule has 1 N–H and O–H groups in total. The molecule has 1 fully saturated rings. The number of sulfonamides is 1. The molecule has 1 saturated heterocycles. The zero-order valence-corrected chi connectivity index (χ0v) is 18.5. The molecule has 3 rings (SSSR count). The molecule has 6 heteroatoms. The smallest absolute Gasteiger partial charge is 0.243 e. The van der Waals surface area contributed by atoms with Crippen LogP contribution >= 0.6 is 0 Å². The van der Waals surface area contributed by atoms with E-state index in [1.807, 2.05) is 37.3 Å². The normalized spacial score (nSPS) is 16.2. The van der Waals surface area contributed by atoms with Gasteiger partial charge in [0.25, 0.3) is 0 Å². The molecule has 0 unspecified atom stereocenters. The van der Waals surface area contributed by atoms with Crippen LogP contribution in [0, 0.1) is 0 Å². The first kappa shape index (κ1) is 22.5. The Morgan fingerprint density at radius 3 is 2.23 bits per heavy atom. The number of benzene rings is 2. The number of hydrogen-bond donors (Lipinski definition) is 1. The van der Waals surface area contributed by atoms with Crippen molar-refractivity contribution >= 4 is 15.9 Å². The summed E-state index contributed by atoms with van der Waals surface area (Å²) in [6.45, 7) is 3.24. The Hall–Kier alpha value is -2.18. The molecule has 0 radical (unpaired) electrons. The number of amides is 1. The third-order valence-electron chi connectivity index (χ3n) is 5.63. The number of nitrogens with one attached hydrogen (secondary N) is 1. The van der Waals surface area contributed by atoms with Gasteiger partial charge < -0.3 is 5.32 Å². The molecule has 1 heterocycles. The minimum absolute atomic E-state index is 0.0283. The van der Waals surface area contributed by atoms with E-state index in [0.717, 1.165) is 37.7 Å². The molecule has 1 aliphatic rings. The van der Waals surface area contributed by atoms with Crippen molar-refractivity contribution in [3.63, 3.8) is 0 Å². The van der Waals surface area contributed by atoms with Gasteiger partial charge in [-0.1, -0.05) is 48.9 Å². The van der Waals surface area contributed by atoms with Crippen LogP contribution in [-0.2, 0) is 27.7 Å². The summed E-state index contributed by atoms with van der Waals surface area (Å²) in [5.41, 5.74) is 2.25. The lowest BCUT2D eigenvalue weighted by Crippen LogP contribution is -2.35. The van der Waals surface area contributed by atoms with Gasteiger partial charge in [-0.15, -0.1) is 0 Å². The van der Waals surface area contributed by atoms with Crippen molar-refractivity contribution in [1.82, 2.24) is 9.62 Å². The van der Waals surface area contributed by atoms with Crippen molar-refractivity contribution in [2.75, 3.05) is 13.1 Å². The Balaban J connectivity index is 1.44. The minimum atomic E-state index is -3.40. The molecule has 1 amide bonds. The summed E-state index contributed by atoms with van der Waals surface area (Å²) in [7, 11) is -3.40. The van der Waals surface area contributed by atoms with Gasteiger partial charge in [0, 0.05) is 25.6 Å². The van der Waals surface area contributed by atoms with Crippen molar-refractivity contribution in [3.8, 4) is 0 Å². The van der Waals surface area contributed by atoms with Crippen LogP contribution in [-0.4, -0.2) is 37.8 Å². The van der Waals surface area contributed by atoms with Crippen LogP contribution < -0.4 is 5.32 Å². The maximum atomic E-state index is 12.7. The molecule has 2 aromatic rings. The van der Waals surface area contributed by atoms with Crippen LogP contribution in [0.5, 0.6) is 0 Å². The number of piperidine rings is 1. The molecule has 0 spiro atoms. The largest absolute Gasteiger partial charge is 0.354 e. The van der Waals surface area contributed by atoms with Crippen molar-refractivity contribution < 1.29 is 13.2 Å². The average molecular weight is 429 g/mol. The summed E-state index contributed by atoms with van der Waals surface area (Å²) in [5, 5.41) is 3.06. The first-order chi connectivity index (χ1) is 14.4. The summed E-state index contributed by atoms with van der Waals surface area (Å²) in [5.74, 6) is 0.0283. The number of aryl methyl sites for hydroxylation is 2. The summed E-state index contributed by atoms with van der Waals surface area (Å²) in [4.78, 5) is 12.6. The van der Waals surface area contributed by atoms with Crippen LogP contribution in [0.4, 0.5) is 0 Å². The van der Waals surface area contributed by atoms with E-state index < -0.39 is 10.0 Å². The third kappa shape index (κ3) is 6.41. The van der Waals surface area contributed by atoms with Gasteiger partial charge in [0.15, 0.2) is 0 Å². The molecular weight excluding hydrogens is 396 g/mol. The highest BCUT2D eigenvalue weighted by molar-refractivity contribution is 7.89. The SMILES string of the molecule is C[C@@H](CCc1ccccc1)NC(=O)CCc1ccc(S(=O)(=O)N2CCCCC2)cc1. The van der Waals surface area contributed by atoms with Gasteiger partial charge >= 0.3 is 0 Å². The Kier molecular flexibility index (Phi) is 8.05. The van der Waals surface area contributed by atoms with Crippen molar-refractivity contribution in [2.24, 2.45) is 0 Å². The van der Waals surface area contributed by atoms with E-state index >= 15 is 0 Å². The van der Waals surface area contributed by atoms with Gasteiger partial charge in [-0.3, -0.25) is 4.79 Å². The van der Waals surface area contributed by atoms with Crippen LogP contribution in [0.15, 0.2) is 59.5 Å². The van der Waals surface area contributed by atoms with Gasteiger partial charge in [-0.05, 0) is 62.3 Å². The lowest BCUT2D eigenvalue weighted by atomic mass is 10.1. The van der Waals surface area contributed by atoms with Gasteiger partial charge in [0.1, 0.15) is 0 Å². The zero-order chi connectivity index (χ0) is 21.4. The number of nitrogens with zero attached hydrogens (tertiary/aromatic N) is 1. The topological polar surface area (TPSA) is 66.5 Å². The molecule has 1 atom stereocenters. The van der Waals surface area contributed by atoms with E-state index in [1.54, 1.807) is 16.4 Å². The summed E-state index contributed by atoms with van der Waals surface area (Å²) in [6, 6.07) is 17.4. The fourth-order valence-electron chi connectivity index (χ4n) is 3.79. The van der Waals surface area contributed by atoms with E-state index in [4.69, 9.17) is 0 Å². The molecule has 0 aromatic heterocycles. The highest BCUT2D eigenvalue weighted by Gasteiger charge is 2.25. The Bertz CT molecular complexity index is 905. The lowest BCUT2D eigenvalue weighted by Gasteiger charge is -2.25. The molecule has 2 aromatic carbocycles. The maximum absolute atomic E-state index is 12.7. The third-order valence-corrected chi connectivity index (χ3v) is 7.55. The quantitative estimate of drug-likeness (QED) is 0.658. The second kappa shape index (κ2) is 10.7. The molecule has 162 valence electrons. The number of carbonyl (C=O) groups excluding carboxylic acids is 1. The second-order valence-electron chi connectivity index (χ2n) is 8.10. The lowest BCUT2D eigenvalue weighted by molar-refractivity contribution is -0.121. The van der Waals surface area contributed by atoms with Crippen molar-refractivity contribution in [1.29, 1.82) is 0 Å². The maximum Gasteiger partial charge on any atom is 0.243 e. The molecule has 0 bridgehead atoms. The summed E-state index contributed by atoms with van der Waals surface area (Å²) >= 11 is 0. The first-order valence-corrected chi connectivity index (χ1v) is 12.3. The highest BCUT2D eigenvalue weighted by atomic mass is 32.2. The molecule has 1 aliphatic heterocycles. The van der Waals surface area contributed by atoms with Crippen molar-refractivity contribution in [3.05, 3.63) is 65.7 Å². The second-order valence-corrected chi connectivity index (χ2v) is 10.0. The Labute approximate surface area is 180 Å². The fourth-order valence-corrected chi connectivity index (χ4v) is 5.30. The minimum Gasteiger partial charge on any atom is -0.354 e. The van der Waals surface area contributed by atoms with E-state index in [0.29, 0.717) is 30.8 Å². The summed E-state index contributed by atoms with van der Waals surface area (Å²) < 4.78 is 27.0. The number of carbonyl (C=O) groups is 1. The average Bonchev–Trinajstić information content (AvgIpc) is 2.78. The van der Waals surface area contributed by atoms with Gasteiger partial charge in [0.2, 0.25) is 15.9 Å². The van der Waals surface area contributed by atoms with Gasteiger partial charge in [-0.2, -0.15) is 4.31 Å². The predicted molar refractivity (Wildman–Crippen MR) is 120 cm³/mol. The van der Waals surface area contributed by atoms with Gasteiger partial charge in [-0.25, -0.2) is 8.42 Å². The predicted octanol–water partition coefficient (Wildman–Crippen LogP) is 3.93. The monoisotopic (exact) mass is 428 g/mol. The van der Waals surface area contributed by atoms with E-state index in [2.05, 4.69) is 17.4 Å². The fraction of sp³-hybridized carbons (Fsp3) is 0.458.